The van der Waals surface area contributed by atoms with Crippen LogP contribution in [-0.2, 0) is 11.2 Å². The lowest BCUT2D eigenvalue weighted by Crippen LogP contribution is -2.14. The zero-order chi connectivity index (χ0) is 17.4. The van der Waals surface area contributed by atoms with Gasteiger partial charge in [-0.1, -0.05) is 41.7 Å². The van der Waals surface area contributed by atoms with Crippen LogP contribution in [0.2, 0.25) is 0 Å². The highest BCUT2D eigenvalue weighted by molar-refractivity contribution is 7.15. The fourth-order valence-corrected chi connectivity index (χ4v) is 3.33. The van der Waals surface area contributed by atoms with Crippen molar-refractivity contribution in [1.29, 1.82) is 0 Å². The second-order valence-corrected chi connectivity index (χ2v) is 6.40. The first-order valence-electron chi connectivity index (χ1n) is 7.41. The highest BCUT2D eigenvalue weighted by Gasteiger charge is 2.17. The smallest absolute Gasteiger partial charge is 0.291 e. The van der Waals surface area contributed by atoms with Crippen molar-refractivity contribution in [2.75, 3.05) is 5.32 Å². The summed E-state index contributed by atoms with van der Waals surface area (Å²) in [5, 5.41) is 11.9. The van der Waals surface area contributed by atoms with Gasteiger partial charge in [-0.25, -0.2) is 8.78 Å². The van der Waals surface area contributed by atoms with Crippen LogP contribution >= 0.6 is 11.3 Å². The van der Waals surface area contributed by atoms with E-state index in [1.165, 1.54) is 0 Å². The minimum absolute atomic E-state index is 0.0462. The number of nitrogens with zero attached hydrogens (tertiary/aromatic N) is 2. The van der Waals surface area contributed by atoms with Crippen molar-refractivity contribution >= 4 is 44.1 Å². The molecule has 0 fully saturated rings. The van der Waals surface area contributed by atoms with Crippen LogP contribution in [0, 0.1) is 0 Å². The van der Waals surface area contributed by atoms with Gasteiger partial charge in [-0.15, -0.1) is 10.2 Å². The van der Waals surface area contributed by atoms with E-state index in [9.17, 15) is 13.6 Å². The minimum atomic E-state index is -2.70. The summed E-state index contributed by atoms with van der Waals surface area (Å²) >= 11 is 0.661. The summed E-state index contributed by atoms with van der Waals surface area (Å²) in [7, 11) is 0. The molecule has 0 aliphatic carbocycles. The van der Waals surface area contributed by atoms with Crippen LogP contribution in [0.15, 0.2) is 47.1 Å². The van der Waals surface area contributed by atoms with Gasteiger partial charge < -0.3 is 9.73 Å². The van der Waals surface area contributed by atoms with E-state index in [4.69, 9.17) is 4.42 Å². The number of anilines is 1. The molecule has 25 heavy (non-hydrogen) atoms. The van der Waals surface area contributed by atoms with Gasteiger partial charge in [0, 0.05) is 10.9 Å². The first-order valence-corrected chi connectivity index (χ1v) is 8.22. The van der Waals surface area contributed by atoms with E-state index in [1.807, 2.05) is 36.4 Å². The largest absolute Gasteiger partial charge is 0.464 e. The molecule has 4 aromatic rings. The van der Waals surface area contributed by atoms with Crippen molar-refractivity contribution in [3.8, 4) is 0 Å². The van der Waals surface area contributed by atoms with Crippen molar-refractivity contribution in [1.82, 2.24) is 10.2 Å². The molecule has 0 saturated carbocycles. The topological polar surface area (TPSA) is 68.0 Å². The Kier molecular flexibility index (Phi) is 3.89. The maximum atomic E-state index is 12.5. The molecule has 0 aliphatic rings. The van der Waals surface area contributed by atoms with Crippen LogP contribution < -0.4 is 5.32 Å². The van der Waals surface area contributed by atoms with E-state index in [0.29, 0.717) is 16.9 Å². The van der Waals surface area contributed by atoms with Crippen LogP contribution in [0.5, 0.6) is 0 Å². The molecule has 0 unspecified atom stereocenters. The van der Waals surface area contributed by atoms with E-state index < -0.39 is 11.4 Å². The van der Waals surface area contributed by atoms with Crippen molar-refractivity contribution in [2.24, 2.45) is 0 Å². The average Bonchev–Trinajstić information content (AvgIpc) is 3.22. The number of hydrogen-bond acceptors (Lipinski definition) is 5. The zero-order valence-electron chi connectivity index (χ0n) is 12.7. The summed E-state index contributed by atoms with van der Waals surface area (Å²) < 4.78 is 30.6. The summed E-state index contributed by atoms with van der Waals surface area (Å²) in [6, 6.07) is 11.6. The van der Waals surface area contributed by atoms with Crippen LogP contribution in [0.25, 0.3) is 21.7 Å². The molecule has 1 N–H and O–H groups in total. The van der Waals surface area contributed by atoms with Gasteiger partial charge in [-0.2, -0.15) is 0 Å². The van der Waals surface area contributed by atoms with Gasteiger partial charge >= 0.3 is 0 Å². The summed E-state index contributed by atoms with van der Waals surface area (Å²) in [6.45, 7) is 0. The molecule has 2 heterocycles. The SMILES string of the molecule is O=C(Cc1coc2ccc3ccccc3c12)Nc1nnc(C(F)F)s1. The molecule has 8 heteroatoms. The molecular formula is C17H11F2N3O2S. The standard InChI is InChI=1S/C17H11F2N3O2S/c18-15(19)16-21-22-17(25-16)20-13(23)7-10-8-24-12-6-5-9-3-1-2-4-11(9)14(10)12/h1-6,8,15H,7H2,(H,20,22,23). The average molecular weight is 359 g/mol. The maximum Gasteiger partial charge on any atom is 0.291 e. The predicted molar refractivity (Wildman–Crippen MR) is 90.9 cm³/mol. The molecule has 2 aromatic carbocycles. The Morgan fingerprint density at radius 3 is 2.84 bits per heavy atom. The normalized spacial score (nSPS) is 11.5. The van der Waals surface area contributed by atoms with Gasteiger partial charge in [-0.05, 0) is 16.8 Å². The number of fused-ring (bicyclic) bond motifs is 3. The van der Waals surface area contributed by atoms with Gasteiger partial charge in [0.15, 0.2) is 5.01 Å². The third-order valence-electron chi connectivity index (χ3n) is 3.76. The monoisotopic (exact) mass is 359 g/mol. The lowest BCUT2D eigenvalue weighted by molar-refractivity contribution is -0.115. The first kappa shape index (κ1) is 15.6. The van der Waals surface area contributed by atoms with E-state index in [0.717, 1.165) is 21.7 Å². The number of benzene rings is 2. The molecule has 4 rings (SSSR count). The first-order chi connectivity index (χ1) is 12.1. The number of aromatic nitrogens is 2. The Morgan fingerprint density at radius 2 is 2.04 bits per heavy atom. The highest BCUT2D eigenvalue weighted by Crippen LogP contribution is 2.30. The number of furan rings is 1. The number of rotatable bonds is 4. The molecule has 0 radical (unpaired) electrons. The molecule has 126 valence electrons. The lowest BCUT2D eigenvalue weighted by Gasteiger charge is -2.02. The molecule has 5 nitrogen and oxygen atoms in total. The molecular weight excluding hydrogens is 348 g/mol. The van der Waals surface area contributed by atoms with Crippen molar-refractivity contribution in [3.05, 3.63) is 53.2 Å². The molecule has 2 aromatic heterocycles. The van der Waals surface area contributed by atoms with Crippen molar-refractivity contribution in [2.45, 2.75) is 12.8 Å². The number of carbonyl (C=O) groups is 1. The van der Waals surface area contributed by atoms with Gasteiger partial charge in [0.2, 0.25) is 11.0 Å². The van der Waals surface area contributed by atoms with E-state index in [2.05, 4.69) is 15.5 Å². The van der Waals surface area contributed by atoms with Gasteiger partial charge in [0.05, 0.1) is 12.7 Å². The number of hydrogen-bond donors (Lipinski definition) is 1. The van der Waals surface area contributed by atoms with Crippen LogP contribution in [0.4, 0.5) is 13.9 Å². The van der Waals surface area contributed by atoms with Crippen molar-refractivity contribution in [3.63, 3.8) is 0 Å². The summed E-state index contributed by atoms with van der Waals surface area (Å²) in [5.41, 5.74) is 1.42. The molecule has 1 amide bonds. The fourth-order valence-electron chi connectivity index (χ4n) is 2.71. The van der Waals surface area contributed by atoms with Gasteiger partial charge in [0.1, 0.15) is 5.58 Å². The summed E-state index contributed by atoms with van der Waals surface area (Å²) in [6.07, 6.45) is -1.11. The maximum absolute atomic E-state index is 12.5. The molecule has 0 atom stereocenters. The molecule has 0 saturated heterocycles. The molecule has 0 bridgehead atoms. The number of halogens is 2. The Bertz CT molecular complexity index is 1070. The van der Waals surface area contributed by atoms with E-state index >= 15 is 0 Å². The number of nitrogens with one attached hydrogen (secondary N) is 1. The molecule has 0 spiro atoms. The Balaban J connectivity index is 1.61. The third-order valence-corrected chi connectivity index (χ3v) is 4.61. The molecule has 0 aliphatic heterocycles. The third kappa shape index (κ3) is 2.96. The number of carbonyl (C=O) groups excluding carboxylic acids is 1. The van der Waals surface area contributed by atoms with Crippen LogP contribution in [0.1, 0.15) is 17.0 Å². The van der Waals surface area contributed by atoms with Gasteiger partial charge in [-0.3, -0.25) is 4.79 Å². The van der Waals surface area contributed by atoms with Gasteiger partial charge in [0.25, 0.3) is 6.43 Å². The van der Waals surface area contributed by atoms with E-state index in [-0.39, 0.29) is 17.5 Å². The second-order valence-electron chi connectivity index (χ2n) is 5.39. The quantitative estimate of drug-likeness (QED) is 0.580. The Labute approximate surface area is 144 Å². The Hall–Kier alpha value is -2.87. The summed E-state index contributed by atoms with van der Waals surface area (Å²) in [5.74, 6) is -0.368. The fraction of sp³-hybridized carbons (Fsp3) is 0.118. The second kappa shape index (κ2) is 6.21. The number of alkyl halides is 2. The zero-order valence-corrected chi connectivity index (χ0v) is 13.5. The summed E-state index contributed by atoms with van der Waals surface area (Å²) in [4.78, 5) is 12.2. The van der Waals surface area contributed by atoms with Crippen molar-refractivity contribution < 1.29 is 18.0 Å². The van der Waals surface area contributed by atoms with Crippen LogP contribution in [-0.4, -0.2) is 16.1 Å². The van der Waals surface area contributed by atoms with E-state index in [1.54, 1.807) is 6.26 Å². The Morgan fingerprint density at radius 1 is 1.20 bits per heavy atom. The number of amides is 1. The highest BCUT2D eigenvalue weighted by atomic mass is 32.1. The lowest BCUT2D eigenvalue weighted by atomic mass is 10.0. The van der Waals surface area contributed by atoms with Crippen LogP contribution in [0.3, 0.4) is 0 Å². The predicted octanol–water partition coefficient (Wildman–Crippen LogP) is 4.56. The minimum Gasteiger partial charge on any atom is -0.464 e.